The second-order valence-electron chi connectivity index (χ2n) is 8.02. The molecule has 4 rings (SSSR count). The molecule has 5 nitrogen and oxygen atoms in total. The zero-order valence-corrected chi connectivity index (χ0v) is 18.6. The predicted octanol–water partition coefficient (Wildman–Crippen LogP) is 5.72. The number of halogens is 1. The van der Waals surface area contributed by atoms with Gasteiger partial charge >= 0.3 is 5.97 Å². The summed E-state index contributed by atoms with van der Waals surface area (Å²) in [5.41, 5.74) is 2.77. The summed E-state index contributed by atoms with van der Waals surface area (Å²) in [5.74, 6) is 0.248. The zero-order valence-electron chi connectivity index (χ0n) is 17.8. The van der Waals surface area contributed by atoms with E-state index in [1.807, 2.05) is 25.1 Å². The van der Waals surface area contributed by atoms with E-state index in [1.165, 1.54) is 6.42 Å². The van der Waals surface area contributed by atoms with Gasteiger partial charge in [-0.15, -0.1) is 0 Å². The van der Waals surface area contributed by atoms with Crippen molar-refractivity contribution in [1.82, 2.24) is 4.57 Å². The van der Waals surface area contributed by atoms with Crippen molar-refractivity contribution < 1.29 is 19.1 Å². The molecule has 0 spiro atoms. The Morgan fingerprint density at radius 3 is 2.45 bits per heavy atom. The molecule has 1 aromatic heterocycles. The molecule has 0 radical (unpaired) electrons. The van der Waals surface area contributed by atoms with Crippen LogP contribution < -0.4 is 4.74 Å². The van der Waals surface area contributed by atoms with Crippen molar-refractivity contribution in [3.63, 3.8) is 0 Å². The lowest BCUT2D eigenvalue weighted by Gasteiger charge is -2.21. The van der Waals surface area contributed by atoms with Crippen LogP contribution in [0.15, 0.2) is 42.5 Å². The van der Waals surface area contributed by atoms with E-state index < -0.39 is 0 Å². The van der Waals surface area contributed by atoms with Crippen LogP contribution in [-0.2, 0) is 16.0 Å². The summed E-state index contributed by atoms with van der Waals surface area (Å²) in [7, 11) is 1.60. The number of methoxy groups -OCH3 is 1. The number of carbonyl (C=O) groups is 2. The molecule has 6 heteroatoms. The van der Waals surface area contributed by atoms with Gasteiger partial charge in [0.15, 0.2) is 0 Å². The molecule has 1 aliphatic carbocycles. The minimum Gasteiger partial charge on any atom is -0.497 e. The maximum Gasteiger partial charge on any atom is 0.310 e. The van der Waals surface area contributed by atoms with Crippen LogP contribution >= 0.6 is 11.6 Å². The van der Waals surface area contributed by atoms with Crippen LogP contribution in [0.5, 0.6) is 5.75 Å². The average molecular weight is 440 g/mol. The zero-order chi connectivity index (χ0) is 22.0. The normalized spacial score (nSPS) is 14.5. The third-order valence-electron chi connectivity index (χ3n) is 6.01. The number of rotatable bonds is 5. The fourth-order valence-electron chi connectivity index (χ4n) is 4.35. The summed E-state index contributed by atoms with van der Waals surface area (Å²) in [6.45, 7) is 1.86. The van der Waals surface area contributed by atoms with Crippen molar-refractivity contribution in [2.45, 2.75) is 51.6 Å². The molecule has 1 heterocycles. The molecule has 0 aliphatic heterocycles. The molecule has 0 N–H and O–H groups in total. The highest BCUT2D eigenvalue weighted by atomic mass is 35.5. The van der Waals surface area contributed by atoms with E-state index in [0.717, 1.165) is 47.8 Å². The SMILES string of the molecule is COc1ccc2c(c1)c(CC(=O)OC1CCCCC1)c(C)n2C(=O)c1ccc(Cl)cc1. The fourth-order valence-corrected chi connectivity index (χ4v) is 4.48. The first-order chi connectivity index (χ1) is 15.0. The minimum absolute atomic E-state index is 0.000131. The van der Waals surface area contributed by atoms with Gasteiger partial charge in [-0.05, 0) is 80.6 Å². The molecule has 1 saturated carbocycles. The smallest absolute Gasteiger partial charge is 0.310 e. The third kappa shape index (κ3) is 4.47. The quantitative estimate of drug-likeness (QED) is 0.477. The Morgan fingerprint density at radius 2 is 1.77 bits per heavy atom. The largest absolute Gasteiger partial charge is 0.497 e. The number of fused-ring (bicyclic) bond motifs is 1. The molecule has 2 aromatic carbocycles. The van der Waals surface area contributed by atoms with Crippen LogP contribution in [0.4, 0.5) is 0 Å². The molecule has 0 unspecified atom stereocenters. The molecule has 0 amide bonds. The molecule has 0 bridgehead atoms. The molecule has 3 aromatic rings. The average Bonchev–Trinajstić information content (AvgIpc) is 3.05. The Balaban J connectivity index is 1.72. The number of esters is 1. The van der Waals surface area contributed by atoms with Crippen LogP contribution in [-0.4, -0.2) is 29.7 Å². The van der Waals surface area contributed by atoms with E-state index in [1.54, 1.807) is 35.9 Å². The summed E-state index contributed by atoms with van der Waals surface area (Å²) < 4.78 is 12.8. The number of hydrogen-bond donors (Lipinski definition) is 0. The lowest BCUT2D eigenvalue weighted by atomic mass is 9.98. The summed E-state index contributed by atoms with van der Waals surface area (Å²) in [4.78, 5) is 26.1. The second-order valence-corrected chi connectivity index (χ2v) is 8.46. The van der Waals surface area contributed by atoms with Crippen molar-refractivity contribution in [2.24, 2.45) is 0 Å². The van der Waals surface area contributed by atoms with E-state index in [9.17, 15) is 9.59 Å². The van der Waals surface area contributed by atoms with Crippen LogP contribution in [0.25, 0.3) is 10.9 Å². The molecule has 1 fully saturated rings. The highest BCUT2D eigenvalue weighted by Gasteiger charge is 2.24. The Hall–Kier alpha value is -2.79. The Morgan fingerprint density at radius 1 is 1.06 bits per heavy atom. The van der Waals surface area contributed by atoms with Gasteiger partial charge in [-0.3, -0.25) is 14.2 Å². The number of nitrogens with zero attached hydrogens (tertiary/aromatic N) is 1. The molecule has 0 atom stereocenters. The van der Waals surface area contributed by atoms with Crippen molar-refractivity contribution in [2.75, 3.05) is 7.11 Å². The van der Waals surface area contributed by atoms with Crippen molar-refractivity contribution >= 4 is 34.4 Å². The number of aromatic nitrogens is 1. The van der Waals surface area contributed by atoms with Gasteiger partial charge in [-0.25, -0.2) is 0 Å². The van der Waals surface area contributed by atoms with Crippen molar-refractivity contribution in [3.05, 3.63) is 64.3 Å². The van der Waals surface area contributed by atoms with Gasteiger partial charge in [-0.1, -0.05) is 18.0 Å². The van der Waals surface area contributed by atoms with Gasteiger partial charge in [0.2, 0.25) is 0 Å². The van der Waals surface area contributed by atoms with Crippen molar-refractivity contribution in [3.8, 4) is 5.75 Å². The van der Waals surface area contributed by atoms with Crippen LogP contribution in [0.2, 0.25) is 5.02 Å². The number of hydrogen-bond acceptors (Lipinski definition) is 4. The number of benzene rings is 2. The van der Waals surface area contributed by atoms with E-state index in [-0.39, 0.29) is 24.4 Å². The number of ether oxygens (including phenoxy) is 2. The molecular formula is C25H26ClNO4. The standard InChI is InChI=1S/C25H26ClNO4/c1-16-21(15-24(28)31-19-6-4-3-5-7-19)22-14-20(30-2)12-13-23(22)27(16)25(29)17-8-10-18(26)11-9-17/h8-14,19H,3-7,15H2,1-2H3. The van der Waals surface area contributed by atoms with Gasteiger partial charge < -0.3 is 9.47 Å². The third-order valence-corrected chi connectivity index (χ3v) is 6.26. The highest BCUT2D eigenvalue weighted by molar-refractivity contribution is 6.30. The lowest BCUT2D eigenvalue weighted by molar-refractivity contribution is -0.149. The van der Waals surface area contributed by atoms with E-state index in [4.69, 9.17) is 21.1 Å². The number of carbonyl (C=O) groups excluding carboxylic acids is 2. The van der Waals surface area contributed by atoms with Gasteiger partial charge in [0.05, 0.1) is 19.0 Å². The van der Waals surface area contributed by atoms with Gasteiger partial charge in [-0.2, -0.15) is 0 Å². The maximum atomic E-state index is 13.3. The van der Waals surface area contributed by atoms with E-state index >= 15 is 0 Å². The maximum absolute atomic E-state index is 13.3. The van der Waals surface area contributed by atoms with Gasteiger partial charge in [0.1, 0.15) is 11.9 Å². The van der Waals surface area contributed by atoms with E-state index in [2.05, 4.69) is 0 Å². The van der Waals surface area contributed by atoms with Crippen LogP contribution in [0.1, 0.15) is 53.7 Å². The summed E-state index contributed by atoms with van der Waals surface area (Å²) in [5, 5.41) is 1.39. The first kappa shape index (κ1) is 21.4. The summed E-state index contributed by atoms with van der Waals surface area (Å²) >= 11 is 5.98. The van der Waals surface area contributed by atoms with E-state index in [0.29, 0.717) is 16.3 Å². The molecule has 31 heavy (non-hydrogen) atoms. The summed E-state index contributed by atoms with van der Waals surface area (Å²) in [6.07, 6.45) is 5.37. The van der Waals surface area contributed by atoms with Crippen LogP contribution in [0, 0.1) is 6.92 Å². The Bertz CT molecular complexity index is 1110. The Kier molecular flexibility index (Phi) is 6.33. The summed E-state index contributed by atoms with van der Waals surface area (Å²) in [6, 6.07) is 12.3. The first-order valence-electron chi connectivity index (χ1n) is 10.7. The first-order valence-corrected chi connectivity index (χ1v) is 11.0. The molecule has 162 valence electrons. The minimum atomic E-state index is -0.254. The van der Waals surface area contributed by atoms with Crippen LogP contribution in [0.3, 0.4) is 0 Å². The topological polar surface area (TPSA) is 57.5 Å². The lowest BCUT2D eigenvalue weighted by Crippen LogP contribution is -2.22. The highest BCUT2D eigenvalue weighted by Crippen LogP contribution is 2.31. The predicted molar refractivity (Wildman–Crippen MR) is 121 cm³/mol. The Labute approximate surface area is 186 Å². The molecule has 1 aliphatic rings. The monoisotopic (exact) mass is 439 g/mol. The fraction of sp³-hybridized carbons (Fsp3) is 0.360. The van der Waals surface area contributed by atoms with Gasteiger partial charge in [0.25, 0.3) is 5.91 Å². The second kappa shape index (κ2) is 9.15. The molecule has 0 saturated heterocycles. The van der Waals surface area contributed by atoms with Crippen molar-refractivity contribution in [1.29, 1.82) is 0 Å². The van der Waals surface area contributed by atoms with Gasteiger partial charge in [0, 0.05) is 21.7 Å². The molecular weight excluding hydrogens is 414 g/mol.